The molecule has 0 radical (unpaired) electrons. The van der Waals surface area contributed by atoms with Crippen molar-refractivity contribution < 1.29 is 9.59 Å². The molecule has 1 saturated carbocycles. The number of carbonyl (C=O) groups is 2. The van der Waals surface area contributed by atoms with Crippen LogP contribution in [0.1, 0.15) is 99.3 Å². The Bertz CT molecular complexity index is 583. The van der Waals surface area contributed by atoms with Gasteiger partial charge in [-0.15, -0.1) is 0 Å². The van der Waals surface area contributed by atoms with Crippen LogP contribution in [-0.4, -0.2) is 54.1 Å². The summed E-state index contributed by atoms with van der Waals surface area (Å²) < 4.78 is 0. The molecule has 1 fully saturated rings. The zero-order valence-electron chi connectivity index (χ0n) is 21.8. The number of amides is 3. The smallest absolute Gasteiger partial charge is 0.315 e. The van der Waals surface area contributed by atoms with Crippen LogP contribution < -0.4 is 16.0 Å². The summed E-state index contributed by atoms with van der Waals surface area (Å²) in [7, 11) is 2.04. The van der Waals surface area contributed by atoms with Gasteiger partial charge in [0.1, 0.15) is 6.04 Å². The van der Waals surface area contributed by atoms with Gasteiger partial charge in [-0.05, 0) is 86.1 Å². The number of nitrogens with zero attached hydrogens (tertiary/aromatic N) is 1. The normalized spacial score (nSPS) is 19.2. The van der Waals surface area contributed by atoms with Gasteiger partial charge in [0, 0.05) is 24.2 Å². The fraction of sp³-hybridized carbons (Fsp3) is 0.846. The zero-order valence-corrected chi connectivity index (χ0v) is 21.8. The molecule has 6 heteroatoms. The van der Waals surface area contributed by atoms with Gasteiger partial charge in [-0.2, -0.15) is 0 Å². The van der Waals surface area contributed by atoms with Crippen LogP contribution in [0.4, 0.5) is 4.79 Å². The summed E-state index contributed by atoms with van der Waals surface area (Å²) in [5.41, 5.74) is -0.336. The molecule has 1 rings (SSSR count). The molecule has 0 saturated heterocycles. The van der Waals surface area contributed by atoms with E-state index in [0.717, 1.165) is 57.0 Å². The van der Waals surface area contributed by atoms with Crippen molar-refractivity contribution in [3.63, 3.8) is 0 Å². The van der Waals surface area contributed by atoms with Crippen molar-refractivity contribution in [3.05, 3.63) is 12.2 Å². The van der Waals surface area contributed by atoms with Crippen molar-refractivity contribution in [2.75, 3.05) is 13.6 Å². The molecule has 186 valence electrons. The van der Waals surface area contributed by atoms with E-state index in [1.807, 2.05) is 46.6 Å². The summed E-state index contributed by atoms with van der Waals surface area (Å²) in [6.45, 7) is 12.8. The maximum absolute atomic E-state index is 13.3. The van der Waals surface area contributed by atoms with Gasteiger partial charge in [0.05, 0.1) is 0 Å². The number of rotatable bonds is 15. The summed E-state index contributed by atoms with van der Waals surface area (Å²) in [6, 6.07) is 0.112. The predicted octanol–water partition coefficient (Wildman–Crippen LogP) is 4.99. The molecule has 0 spiro atoms. The van der Waals surface area contributed by atoms with Crippen molar-refractivity contribution in [1.29, 1.82) is 0 Å². The number of allylic oxidation sites excluding steroid dienone is 2. The van der Waals surface area contributed by atoms with Gasteiger partial charge in [0.15, 0.2) is 0 Å². The van der Waals surface area contributed by atoms with E-state index in [1.54, 1.807) is 0 Å². The number of carbonyl (C=O) groups excluding carboxylic acids is 2. The number of hydrogen-bond acceptors (Lipinski definition) is 3. The molecule has 0 heterocycles. The Kier molecular flexibility index (Phi) is 13.0. The lowest BCUT2D eigenvalue weighted by Crippen LogP contribution is -2.55. The average Bonchev–Trinajstić information content (AvgIpc) is 3.46. The first-order chi connectivity index (χ1) is 15.1. The first kappa shape index (κ1) is 28.5. The van der Waals surface area contributed by atoms with Crippen LogP contribution in [0.2, 0.25) is 0 Å². The molecule has 0 aromatic rings. The molecular formula is C26H50N4O2. The Hall–Kier alpha value is -1.56. The molecule has 0 aromatic carbocycles. The van der Waals surface area contributed by atoms with Crippen LogP contribution in [0, 0.1) is 5.92 Å². The lowest BCUT2D eigenvalue weighted by molar-refractivity contribution is -0.135. The second kappa shape index (κ2) is 14.6. The van der Waals surface area contributed by atoms with Gasteiger partial charge in [-0.25, -0.2) is 4.79 Å². The van der Waals surface area contributed by atoms with Crippen LogP contribution in [0.3, 0.4) is 0 Å². The summed E-state index contributed by atoms with van der Waals surface area (Å²) in [4.78, 5) is 27.7. The molecule has 1 aliphatic carbocycles. The maximum atomic E-state index is 13.3. The van der Waals surface area contributed by atoms with E-state index in [4.69, 9.17) is 0 Å². The highest BCUT2D eigenvalue weighted by atomic mass is 16.2. The van der Waals surface area contributed by atoms with E-state index in [0.29, 0.717) is 6.42 Å². The Labute approximate surface area is 197 Å². The second-order valence-electron chi connectivity index (χ2n) is 10.6. The summed E-state index contributed by atoms with van der Waals surface area (Å²) >= 11 is 0. The highest BCUT2D eigenvalue weighted by Crippen LogP contribution is 2.33. The van der Waals surface area contributed by atoms with Gasteiger partial charge in [-0.1, -0.05) is 38.3 Å². The molecule has 0 bridgehead atoms. The van der Waals surface area contributed by atoms with Gasteiger partial charge in [0.2, 0.25) is 5.91 Å². The molecule has 0 aliphatic heterocycles. The number of hydrogen-bond donors (Lipinski definition) is 3. The number of urea groups is 1. The van der Waals surface area contributed by atoms with Gasteiger partial charge in [0.25, 0.3) is 0 Å². The van der Waals surface area contributed by atoms with Crippen molar-refractivity contribution >= 4 is 11.9 Å². The van der Waals surface area contributed by atoms with E-state index in [9.17, 15) is 9.59 Å². The maximum Gasteiger partial charge on any atom is 0.315 e. The standard InChI is InChI=1S/C26H50N4O2/c1-8-9-18-30(20(2)3)24(31)22(28-25(32)29-26(4,5)6)17-15-13-11-10-12-14-16-21-19-23(21)27-7/h12,14,20-23,27H,8-11,13,15-19H2,1-7H3,(H2,28,29,32)/t21-,22+,23?/m1/s1. The summed E-state index contributed by atoms with van der Waals surface area (Å²) in [6.07, 6.45) is 14.0. The van der Waals surface area contributed by atoms with E-state index in [1.165, 1.54) is 12.8 Å². The fourth-order valence-electron chi connectivity index (χ4n) is 3.98. The molecule has 1 unspecified atom stereocenters. The van der Waals surface area contributed by atoms with E-state index < -0.39 is 6.04 Å². The van der Waals surface area contributed by atoms with E-state index in [-0.39, 0.29) is 23.5 Å². The first-order valence-corrected chi connectivity index (χ1v) is 12.8. The highest BCUT2D eigenvalue weighted by Gasteiger charge is 2.33. The minimum atomic E-state index is -0.472. The number of unbranched alkanes of at least 4 members (excludes halogenated alkanes) is 4. The van der Waals surface area contributed by atoms with Gasteiger partial charge >= 0.3 is 6.03 Å². The SMILES string of the molecule is CCCCN(C(=O)[C@H](CCCCCC=CC[C@@H]1CC1NC)NC(=O)NC(C)(C)C)C(C)C. The molecule has 32 heavy (non-hydrogen) atoms. The molecule has 6 nitrogen and oxygen atoms in total. The monoisotopic (exact) mass is 450 g/mol. The average molecular weight is 451 g/mol. The Balaban J connectivity index is 2.51. The Morgan fingerprint density at radius 2 is 1.81 bits per heavy atom. The molecule has 3 atom stereocenters. The zero-order chi connectivity index (χ0) is 24.1. The van der Waals surface area contributed by atoms with E-state index in [2.05, 4.69) is 35.0 Å². The number of nitrogens with one attached hydrogen (secondary N) is 3. The molecule has 1 aliphatic rings. The minimum Gasteiger partial charge on any atom is -0.338 e. The van der Waals surface area contributed by atoms with Crippen molar-refractivity contribution in [3.8, 4) is 0 Å². The first-order valence-electron chi connectivity index (χ1n) is 12.8. The minimum absolute atomic E-state index is 0.0425. The third kappa shape index (κ3) is 11.9. The van der Waals surface area contributed by atoms with Crippen molar-refractivity contribution in [2.45, 2.75) is 123 Å². The topological polar surface area (TPSA) is 73.5 Å². The summed E-state index contributed by atoms with van der Waals surface area (Å²) in [5.74, 6) is 0.867. The third-order valence-electron chi connectivity index (χ3n) is 6.01. The van der Waals surface area contributed by atoms with Gasteiger partial charge < -0.3 is 20.9 Å². The lowest BCUT2D eigenvalue weighted by Gasteiger charge is -2.32. The Morgan fingerprint density at radius 1 is 1.09 bits per heavy atom. The van der Waals surface area contributed by atoms with Crippen LogP contribution in [0.25, 0.3) is 0 Å². The third-order valence-corrected chi connectivity index (χ3v) is 6.01. The van der Waals surface area contributed by atoms with Crippen LogP contribution in [0.15, 0.2) is 12.2 Å². The summed E-state index contributed by atoms with van der Waals surface area (Å²) in [5, 5.41) is 9.22. The van der Waals surface area contributed by atoms with E-state index >= 15 is 0 Å². The molecular weight excluding hydrogens is 400 g/mol. The lowest BCUT2D eigenvalue weighted by atomic mass is 10.0. The van der Waals surface area contributed by atoms with Gasteiger partial charge in [-0.3, -0.25) is 4.79 Å². The molecule has 0 aromatic heterocycles. The van der Waals surface area contributed by atoms with Crippen molar-refractivity contribution in [1.82, 2.24) is 20.9 Å². The quantitative estimate of drug-likeness (QED) is 0.243. The Morgan fingerprint density at radius 3 is 2.38 bits per heavy atom. The van der Waals surface area contributed by atoms with Crippen LogP contribution in [-0.2, 0) is 4.79 Å². The molecule has 3 amide bonds. The highest BCUT2D eigenvalue weighted by molar-refractivity contribution is 5.87. The van der Waals surface area contributed by atoms with Crippen LogP contribution >= 0.6 is 0 Å². The molecule has 3 N–H and O–H groups in total. The van der Waals surface area contributed by atoms with Crippen LogP contribution in [0.5, 0.6) is 0 Å². The fourth-order valence-corrected chi connectivity index (χ4v) is 3.98. The largest absolute Gasteiger partial charge is 0.338 e. The second-order valence-corrected chi connectivity index (χ2v) is 10.6. The predicted molar refractivity (Wildman–Crippen MR) is 135 cm³/mol. The van der Waals surface area contributed by atoms with Crippen molar-refractivity contribution in [2.24, 2.45) is 5.92 Å².